The molecule has 21 heavy (non-hydrogen) atoms. The first-order chi connectivity index (χ1) is 10.0. The fourth-order valence-electron chi connectivity index (χ4n) is 2.17. The number of fused-ring (bicyclic) bond motifs is 1. The highest BCUT2D eigenvalue weighted by atomic mass is 79.9. The monoisotopic (exact) mass is 427 g/mol. The molecule has 0 amide bonds. The van der Waals surface area contributed by atoms with Crippen molar-refractivity contribution >= 4 is 52.8 Å². The quantitative estimate of drug-likeness (QED) is 0.574. The molecule has 0 bridgehead atoms. The van der Waals surface area contributed by atoms with Crippen molar-refractivity contribution in [2.45, 2.75) is 10.2 Å². The third-order valence-corrected chi connectivity index (χ3v) is 6.23. The van der Waals surface area contributed by atoms with E-state index >= 15 is 0 Å². The van der Waals surface area contributed by atoms with E-state index in [0.717, 1.165) is 15.4 Å². The molecule has 0 unspecified atom stereocenters. The van der Waals surface area contributed by atoms with Crippen molar-refractivity contribution in [3.8, 4) is 0 Å². The summed E-state index contributed by atoms with van der Waals surface area (Å²) in [7, 11) is -3.60. The van der Waals surface area contributed by atoms with Gasteiger partial charge in [-0.05, 0) is 39.7 Å². The van der Waals surface area contributed by atoms with E-state index in [4.69, 9.17) is 0 Å². The zero-order valence-corrected chi connectivity index (χ0v) is 14.8. The molecule has 0 saturated heterocycles. The molecular formula is C15H11Br2NO2S. The van der Waals surface area contributed by atoms with Gasteiger partial charge in [-0.1, -0.05) is 46.3 Å². The fraction of sp³-hybridized carbons (Fsp3) is 0.0667. The number of halogens is 2. The van der Waals surface area contributed by atoms with Crippen LogP contribution in [-0.4, -0.2) is 12.4 Å². The number of nitrogens with zero attached hydrogens (tertiary/aromatic N) is 1. The van der Waals surface area contributed by atoms with Crippen molar-refractivity contribution in [3.05, 3.63) is 64.8 Å². The molecule has 0 aliphatic heterocycles. The summed E-state index contributed by atoms with van der Waals surface area (Å²) in [4.78, 5) is 0.278. The average molecular weight is 429 g/mol. The van der Waals surface area contributed by atoms with Crippen LogP contribution in [0.3, 0.4) is 0 Å². The Labute approximate surface area is 139 Å². The Morgan fingerprint density at radius 1 is 1.00 bits per heavy atom. The molecule has 3 aromatic rings. The molecule has 0 atom stereocenters. The van der Waals surface area contributed by atoms with Gasteiger partial charge in [-0.15, -0.1) is 0 Å². The van der Waals surface area contributed by atoms with Crippen molar-refractivity contribution in [1.82, 2.24) is 3.97 Å². The van der Waals surface area contributed by atoms with Crippen LogP contribution in [0.25, 0.3) is 10.9 Å². The molecule has 6 heteroatoms. The Bertz CT molecular complexity index is 899. The van der Waals surface area contributed by atoms with Gasteiger partial charge in [-0.2, -0.15) is 0 Å². The molecule has 1 aromatic heterocycles. The molecule has 3 rings (SSSR count). The predicted octanol–water partition coefficient (Wildman–Crippen LogP) is 4.54. The molecule has 0 N–H and O–H groups in total. The third-order valence-electron chi connectivity index (χ3n) is 3.26. The van der Waals surface area contributed by atoms with Crippen LogP contribution in [0.2, 0.25) is 0 Å². The van der Waals surface area contributed by atoms with E-state index in [1.807, 2.05) is 30.3 Å². The standard InChI is InChI=1S/C15H11Br2NO2S/c16-9-11-5-7-12(8-6-11)21(19,20)18-10-14(17)13-3-1-2-4-15(13)18/h1-8,10H,9H2. The largest absolute Gasteiger partial charge is 0.268 e. The summed E-state index contributed by atoms with van der Waals surface area (Å²) in [5.74, 6) is 0. The number of hydrogen-bond acceptors (Lipinski definition) is 2. The van der Waals surface area contributed by atoms with Gasteiger partial charge in [0.1, 0.15) is 0 Å². The Morgan fingerprint density at radius 3 is 2.33 bits per heavy atom. The molecule has 0 spiro atoms. The minimum atomic E-state index is -3.60. The predicted molar refractivity (Wildman–Crippen MR) is 91.3 cm³/mol. The first-order valence-electron chi connectivity index (χ1n) is 6.20. The van der Waals surface area contributed by atoms with E-state index in [-0.39, 0.29) is 4.90 Å². The van der Waals surface area contributed by atoms with E-state index in [2.05, 4.69) is 31.9 Å². The summed E-state index contributed by atoms with van der Waals surface area (Å²) in [6, 6.07) is 14.3. The van der Waals surface area contributed by atoms with E-state index in [1.54, 1.807) is 24.4 Å². The van der Waals surface area contributed by atoms with Gasteiger partial charge in [0.25, 0.3) is 10.0 Å². The van der Waals surface area contributed by atoms with Gasteiger partial charge < -0.3 is 0 Å². The Morgan fingerprint density at radius 2 is 1.67 bits per heavy atom. The van der Waals surface area contributed by atoms with Crippen LogP contribution in [-0.2, 0) is 15.4 Å². The van der Waals surface area contributed by atoms with Crippen molar-refractivity contribution in [2.24, 2.45) is 0 Å². The highest BCUT2D eigenvalue weighted by molar-refractivity contribution is 9.10. The number of rotatable bonds is 3. The molecule has 0 fully saturated rings. The minimum Gasteiger partial charge on any atom is -0.240 e. The number of benzene rings is 2. The summed E-state index contributed by atoms with van der Waals surface area (Å²) < 4.78 is 27.7. The molecular weight excluding hydrogens is 418 g/mol. The normalized spacial score (nSPS) is 11.9. The van der Waals surface area contributed by atoms with E-state index in [1.165, 1.54) is 3.97 Å². The Balaban J connectivity index is 2.20. The molecule has 0 aliphatic rings. The lowest BCUT2D eigenvalue weighted by Crippen LogP contribution is -2.11. The number of hydrogen-bond donors (Lipinski definition) is 0. The summed E-state index contributed by atoms with van der Waals surface area (Å²) in [5.41, 5.74) is 1.70. The van der Waals surface area contributed by atoms with Gasteiger partial charge in [0, 0.05) is 21.4 Å². The van der Waals surface area contributed by atoms with Crippen molar-refractivity contribution in [3.63, 3.8) is 0 Å². The van der Waals surface area contributed by atoms with Crippen LogP contribution < -0.4 is 0 Å². The maximum Gasteiger partial charge on any atom is 0.268 e. The first-order valence-corrected chi connectivity index (χ1v) is 9.55. The van der Waals surface area contributed by atoms with Crippen LogP contribution >= 0.6 is 31.9 Å². The summed E-state index contributed by atoms with van der Waals surface area (Å²) in [5, 5.41) is 1.57. The number of para-hydroxylation sites is 1. The van der Waals surface area contributed by atoms with Gasteiger partial charge in [0.05, 0.1) is 10.4 Å². The SMILES string of the molecule is O=S(=O)(c1ccc(CBr)cc1)n1cc(Br)c2ccccc21. The maximum atomic E-state index is 12.8. The lowest BCUT2D eigenvalue weighted by Gasteiger charge is -2.08. The second kappa shape index (κ2) is 5.59. The molecule has 2 aromatic carbocycles. The van der Waals surface area contributed by atoms with Gasteiger partial charge in [0.2, 0.25) is 0 Å². The summed E-state index contributed by atoms with van der Waals surface area (Å²) in [6.45, 7) is 0. The summed E-state index contributed by atoms with van der Waals surface area (Å²) in [6.07, 6.45) is 1.60. The first kappa shape index (κ1) is 14.8. The molecule has 0 saturated carbocycles. The van der Waals surface area contributed by atoms with E-state index in [0.29, 0.717) is 10.8 Å². The molecule has 0 radical (unpaired) electrons. The second-order valence-electron chi connectivity index (χ2n) is 4.57. The molecule has 1 heterocycles. The zero-order chi connectivity index (χ0) is 15.0. The maximum absolute atomic E-state index is 12.8. The number of alkyl halides is 1. The Kier molecular flexibility index (Phi) is 3.94. The van der Waals surface area contributed by atoms with E-state index in [9.17, 15) is 8.42 Å². The highest BCUT2D eigenvalue weighted by Gasteiger charge is 2.20. The van der Waals surface area contributed by atoms with Crippen LogP contribution in [0.5, 0.6) is 0 Å². The van der Waals surface area contributed by atoms with Crippen LogP contribution in [0, 0.1) is 0 Å². The Hall–Kier alpha value is -1.11. The molecule has 0 aliphatic carbocycles. The highest BCUT2D eigenvalue weighted by Crippen LogP contribution is 2.29. The average Bonchev–Trinajstić information content (AvgIpc) is 2.86. The molecule has 3 nitrogen and oxygen atoms in total. The van der Waals surface area contributed by atoms with Crippen LogP contribution in [0.15, 0.2) is 64.1 Å². The smallest absolute Gasteiger partial charge is 0.240 e. The third kappa shape index (κ3) is 2.56. The van der Waals surface area contributed by atoms with Gasteiger partial charge in [-0.25, -0.2) is 12.4 Å². The number of aromatic nitrogens is 1. The van der Waals surface area contributed by atoms with E-state index < -0.39 is 10.0 Å². The van der Waals surface area contributed by atoms with Crippen LogP contribution in [0.4, 0.5) is 0 Å². The van der Waals surface area contributed by atoms with Gasteiger partial charge in [-0.3, -0.25) is 0 Å². The fourth-order valence-corrected chi connectivity index (χ4v) is 4.59. The van der Waals surface area contributed by atoms with Crippen molar-refractivity contribution < 1.29 is 8.42 Å². The minimum absolute atomic E-state index is 0.278. The van der Waals surface area contributed by atoms with Crippen LogP contribution in [0.1, 0.15) is 5.56 Å². The van der Waals surface area contributed by atoms with Crippen molar-refractivity contribution in [2.75, 3.05) is 0 Å². The van der Waals surface area contributed by atoms with Gasteiger partial charge >= 0.3 is 0 Å². The second-order valence-corrected chi connectivity index (χ2v) is 7.80. The molecule has 108 valence electrons. The lowest BCUT2D eigenvalue weighted by atomic mass is 10.2. The summed E-state index contributed by atoms with van der Waals surface area (Å²) >= 11 is 6.77. The zero-order valence-electron chi connectivity index (χ0n) is 10.8. The van der Waals surface area contributed by atoms with Gasteiger partial charge in [0.15, 0.2) is 0 Å². The van der Waals surface area contributed by atoms with Crippen molar-refractivity contribution in [1.29, 1.82) is 0 Å². The lowest BCUT2D eigenvalue weighted by molar-refractivity contribution is 0.589. The topological polar surface area (TPSA) is 39.1 Å².